The zero-order valence-electron chi connectivity index (χ0n) is 18.4. The minimum atomic E-state index is -4.51. The largest absolute Gasteiger partial charge is 0.478 e. The third-order valence-electron chi connectivity index (χ3n) is 6.43. The maximum absolute atomic E-state index is 13.0. The van der Waals surface area contributed by atoms with Gasteiger partial charge in [0.25, 0.3) is 0 Å². The van der Waals surface area contributed by atoms with Gasteiger partial charge in [-0.25, -0.2) is 4.79 Å². The molecule has 0 amide bonds. The van der Waals surface area contributed by atoms with Crippen molar-refractivity contribution in [3.63, 3.8) is 0 Å². The Kier molecular flexibility index (Phi) is 6.09. The molecule has 0 aromatic heterocycles. The highest BCUT2D eigenvalue weighted by Crippen LogP contribution is 2.46. The first kappa shape index (κ1) is 23.1. The monoisotopic (exact) mass is 430 g/mol. The van der Waals surface area contributed by atoms with Crippen LogP contribution in [-0.4, -0.2) is 11.1 Å². The van der Waals surface area contributed by atoms with Crippen molar-refractivity contribution >= 4 is 11.5 Å². The van der Waals surface area contributed by atoms with Gasteiger partial charge in [0, 0.05) is 0 Å². The van der Waals surface area contributed by atoms with Crippen molar-refractivity contribution in [2.45, 2.75) is 70.4 Å². The van der Waals surface area contributed by atoms with Gasteiger partial charge in [-0.15, -0.1) is 0 Å². The van der Waals surface area contributed by atoms with Gasteiger partial charge in [0.1, 0.15) is 0 Å². The van der Waals surface area contributed by atoms with Crippen LogP contribution in [0.2, 0.25) is 0 Å². The molecule has 0 saturated heterocycles. The molecule has 0 spiro atoms. The van der Waals surface area contributed by atoms with Gasteiger partial charge < -0.3 is 5.11 Å². The summed E-state index contributed by atoms with van der Waals surface area (Å²) in [6, 6.07) is 11.0. The molecule has 0 fully saturated rings. The van der Waals surface area contributed by atoms with E-state index in [1.165, 1.54) is 29.3 Å². The topological polar surface area (TPSA) is 37.3 Å². The van der Waals surface area contributed by atoms with E-state index in [1.54, 1.807) is 0 Å². The van der Waals surface area contributed by atoms with Gasteiger partial charge in [-0.2, -0.15) is 13.2 Å². The van der Waals surface area contributed by atoms with Crippen LogP contribution in [0, 0.1) is 0 Å². The maximum atomic E-state index is 13.0. The smallest absolute Gasteiger partial charge is 0.416 e. The molecule has 0 saturated carbocycles. The van der Waals surface area contributed by atoms with Crippen molar-refractivity contribution in [3.05, 3.63) is 76.4 Å². The zero-order chi connectivity index (χ0) is 23.0. The van der Waals surface area contributed by atoms with Gasteiger partial charge in [-0.3, -0.25) is 0 Å². The van der Waals surface area contributed by atoms with E-state index in [0.717, 1.165) is 30.5 Å². The van der Waals surface area contributed by atoms with Crippen LogP contribution >= 0.6 is 0 Å². The van der Waals surface area contributed by atoms with E-state index < -0.39 is 17.7 Å². The number of carboxylic acids is 1. The fourth-order valence-electron chi connectivity index (χ4n) is 4.37. The highest BCUT2D eigenvalue weighted by atomic mass is 19.4. The highest BCUT2D eigenvalue weighted by Gasteiger charge is 2.36. The number of aliphatic carboxylic acids is 1. The summed E-state index contributed by atoms with van der Waals surface area (Å²) in [5.41, 5.74) is 3.12. The van der Waals surface area contributed by atoms with E-state index in [9.17, 15) is 23.1 Å². The number of rotatable bonds is 5. The maximum Gasteiger partial charge on any atom is 0.416 e. The average molecular weight is 431 g/mol. The van der Waals surface area contributed by atoms with Crippen molar-refractivity contribution in [2.24, 2.45) is 0 Å². The van der Waals surface area contributed by atoms with Crippen LogP contribution < -0.4 is 0 Å². The molecule has 0 atom stereocenters. The normalized spacial score (nSPS) is 17.8. The van der Waals surface area contributed by atoms with Gasteiger partial charge in [0.05, 0.1) is 11.1 Å². The summed E-state index contributed by atoms with van der Waals surface area (Å²) in [5, 5.41) is 9.55. The Morgan fingerprint density at radius 3 is 2.26 bits per heavy atom. The first-order valence-corrected chi connectivity index (χ1v) is 10.6. The summed E-state index contributed by atoms with van der Waals surface area (Å²) < 4.78 is 39.0. The lowest BCUT2D eigenvalue weighted by Crippen LogP contribution is -2.33. The third kappa shape index (κ3) is 5.03. The second-order valence-corrected chi connectivity index (χ2v) is 9.69. The second kappa shape index (κ2) is 8.18. The van der Waals surface area contributed by atoms with Crippen molar-refractivity contribution in [3.8, 4) is 0 Å². The van der Waals surface area contributed by atoms with Crippen molar-refractivity contribution in [1.82, 2.24) is 0 Å². The molecular formula is C26H29F3O2. The fraction of sp³-hybridized carbons (Fsp3) is 0.423. The standard InChI is InChI=1S/C26H29F3O2/c1-24(2)13-14-25(3,4)22-15-17(11-12-21(22)24)7-5-10-20(23(30)31)18-8-6-9-19(16-18)26(27,28)29/h6,8-12,15-16H,5,7,13-14H2,1-4H3,(H,30,31). The summed E-state index contributed by atoms with van der Waals surface area (Å²) in [7, 11) is 0. The molecule has 0 heterocycles. The van der Waals surface area contributed by atoms with Crippen LogP contribution in [0.3, 0.4) is 0 Å². The van der Waals surface area contributed by atoms with Crippen molar-refractivity contribution in [2.75, 3.05) is 0 Å². The van der Waals surface area contributed by atoms with E-state index in [4.69, 9.17) is 0 Å². The number of alkyl halides is 3. The number of carboxylic acid groups (broad SMARTS) is 1. The quantitative estimate of drug-likeness (QED) is 0.511. The van der Waals surface area contributed by atoms with Gasteiger partial charge in [-0.1, -0.05) is 64.1 Å². The van der Waals surface area contributed by atoms with Crippen LogP contribution in [0.5, 0.6) is 0 Å². The number of fused-ring (bicyclic) bond motifs is 1. The fourth-order valence-corrected chi connectivity index (χ4v) is 4.37. The van der Waals surface area contributed by atoms with Gasteiger partial charge in [0.2, 0.25) is 0 Å². The minimum Gasteiger partial charge on any atom is -0.478 e. The van der Waals surface area contributed by atoms with Crippen LogP contribution in [0.1, 0.15) is 74.8 Å². The first-order valence-electron chi connectivity index (χ1n) is 10.6. The Bertz CT molecular complexity index is 1010. The summed E-state index contributed by atoms with van der Waals surface area (Å²) in [6.45, 7) is 9.03. The molecule has 3 rings (SSSR count). The molecule has 31 heavy (non-hydrogen) atoms. The Labute approximate surface area is 181 Å². The second-order valence-electron chi connectivity index (χ2n) is 9.69. The predicted molar refractivity (Wildman–Crippen MR) is 117 cm³/mol. The van der Waals surface area contributed by atoms with Gasteiger partial charge in [0.15, 0.2) is 0 Å². The molecule has 1 aliphatic carbocycles. The Hall–Kier alpha value is -2.56. The van der Waals surface area contributed by atoms with Crippen molar-refractivity contribution < 1.29 is 23.1 Å². The number of allylic oxidation sites excluding steroid dienone is 1. The zero-order valence-corrected chi connectivity index (χ0v) is 18.4. The molecule has 1 aliphatic rings. The molecule has 2 aromatic carbocycles. The minimum absolute atomic E-state index is 0.0654. The van der Waals surface area contributed by atoms with E-state index >= 15 is 0 Å². The molecule has 166 valence electrons. The van der Waals surface area contributed by atoms with Crippen molar-refractivity contribution in [1.29, 1.82) is 0 Å². The van der Waals surface area contributed by atoms with E-state index in [1.807, 2.05) is 0 Å². The van der Waals surface area contributed by atoms with Crippen LogP contribution in [0.4, 0.5) is 13.2 Å². The van der Waals surface area contributed by atoms with E-state index in [-0.39, 0.29) is 22.0 Å². The van der Waals surface area contributed by atoms with Gasteiger partial charge in [-0.05, 0) is 70.9 Å². The lowest BCUT2D eigenvalue weighted by atomic mass is 9.63. The summed E-state index contributed by atoms with van der Waals surface area (Å²) in [4.78, 5) is 11.7. The average Bonchev–Trinajstić information content (AvgIpc) is 2.68. The lowest BCUT2D eigenvalue weighted by Gasteiger charge is -2.42. The molecule has 5 heteroatoms. The number of aryl methyl sites for hydroxylation is 1. The Morgan fingerprint density at radius 1 is 1.00 bits per heavy atom. The summed E-state index contributed by atoms with van der Waals surface area (Å²) in [6.07, 6.45) is 0.304. The molecule has 0 aliphatic heterocycles. The van der Waals surface area contributed by atoms with E-state index in [0.29, 0.717) is 12.8 Å². The number of hydrogen-bond acceptors (Lipinski definition) is 1. The summed E-state index contributed by atoms with van der Waals surface area (Å²) >= 11 is 0. The van der Waals surface area contributed by atoms with Crippen LogP contribution in [-0.2, 0) is 28.2 Å². The molecule has 2 nitrogen and oxygen atoms in total. The molecule has 0 bridgehead atoms. The number of halogens is 3. The Morgan fingerprint density at radius 2 is 1.65 bits per heavy atom. The first-order chi connectivity index (χ1) is 14.3. The number of carbonyl (C=O) groups is 1. The lowest BCUT2D eigenvalue weighted by molar-refractivity contribution is -0.137. The molecule has 1 N–H and O–H groups in total. The third-order valence-corrected chi connectivity index (χ3v) is 6.43. The van der Waals surface area contributed by atoms with Gasteiger partial charge >= 0.3 is 12.1 Å². The molecule has 2 aromatic rings. The number of hydrogen-bond donors (Lipinski definition) is 1. The SMILES string of the molecule is CC1(C)CCC(C)(C)c2cc(CCC=C(C(=O)O)c3cccc(C(F)(F)F)c3)ccc21. The van der Waals surface area contributed by atoms with E-state index in [2.05, 4.69) is 45.9 Å². The van der Waals surface area contributed by atoms with Crippen LogP contribution in [0.25, 0.3) is 5.57 Å². The molecular weight excluding hydrogens is 401 g/mol. The van der Waals surface area contributed by atoms with Crippen LogP contribution in [0.15, 0.2) is 48.5 Å². The predicted octanol–water partition coefficient (Wildman–Crippen LogP) is 7.16. The summed E-state index contributed by atoms with van der Waals surface area (Å²) in [5.74, 6) is -1.23. The number of benzene rings is 2. The highest BCUT2D eigenvalue weighted by molar-refractivity contribution is 6.15. The molecule has 0 radical (unpaired) electrons. The molecule has 0 unspecified atom stereocenters. The Balaban J connectivity index is 1.84.